The number of rotatable bonds is 4. The van der Waals surface area contributed by atoms with Crippen molar-refractivity contribution in [2.24, 2.45) is 5.73 Å². The maximum absolute atomic E-state index is 12.2. The number of carbonyl (C=O) groups excluding carboxylic acids is 1. The lowest BCUT2D eigenvalue weighted by Gasteiger charge is -2.26. The van der Waals surface area contributed by atoms with Gasteiger partial charge in [-0.3, -0.25) is 4.79 Å². The molecule has 0 radical (unpaired) electrons. The fraction of sp³-hybridized carbons (Fsp3) is 0.438. The van der Waals surface area contributed by atoms with Crippen molar-refractivity contribution >= 4 is 18.3 Å². The van der Waals surface area contributed by atoms with E-state index in [1.165, 1.54) is 0 Å². The zero-order chi connectivity index (χ0) is 15.4. The van der Waals surface area contributed by atoms with E-state index in [0.29, 0.717) is 12.2 Å². The van der Waals surface area contributed by atoms with Crippen molar-refractivity contribution in [1.29, 1.82) is 0 Å². The van der Waals surface area contributed by atoms with Gasteiger partial charge in [-0.1, -0.05) is 35.5 Å². The minimum atomic E-state index is -0.153. The van der Waals surface area contributed by atoms with Crippen molar-refractivity contribution in [3.63, 3.8) is 0 Å². The van der Waals surface area contributed by atoms with Crippen LogP contribution < -0.4 is 11.1 Å². The summed E-state index contributed by atoms with van der Waals surface area (Å²) < 4.78 is 1.68. The summed E-state index contributed by atoms with van der Waals surface area (Å²) in [6, 6.07) is 10.5. The molecule has 0 unspecified atom stereocenters. The molecule has 0 saturated heterocycles. The summed E-state index contributed by atoms with van der Waals surface area (Å²) in [5, 5.41) is 11.0. The average molecular weight is 336 g/mol. The summed E-state index contributed by atoms with van der Waals surface area (Å²) >= 11 is 0. The number of nitrogens with two attached hydrogens (primary N) is 1. The molecule has 1 aromatic heterocycles. The second kappa shape index (κ2) is 8.08. The van der Waals surface area contributed by atoms with E-state index in [9.17, 15) is 4.79 Å². The summed E-state index contributed by atoms with van der Waals surface area (Å²) in [6.45, 7) is 0.611. The number of benzene rings is 1. The number of hydrogen-bond acceptors (Lipinski definition) is 4. The van der Waals surface area contributed by atoms with E-state index >= 15 is 0 Å². The monoisotopic (exact) mass is 335 g/mol. The Morgan fingerprint density at radius 3 is 2.61 bits per heavy atom. The predicted molar refractivity (Wildman–Crippen MR) is 90.5 cm³/mol. The fourth-order valence-corrected chi connectivity index (χ4v) is 2.77. The van der Waals surface area contributed by atoms with Crippen molar-refractivity contribution in [1.82, 2.24) is 20.3 Å². The average Bonchev–Trinajstić information content (AvgIpc) is 2.99. The molecule has 0 spiro atoms. The van der Waals surface area contributed by atoms with Gasteiger partial charge in [-0.05, 0) is 31.2 Å². The lowest BCUT2D eigenvalue weighted by molar-refractivity contribution is 0.0920. The molecule has 6 nitrogen and oxygen atoms in total. The largest absolute Gasteiger partial charge is 0.348 e. The molecule has 124 valence electrons. The number of nitrogens with one attached hydrogen (secondary N) is 1. The topological polar surface area (TPSA) is 85.8 Å². The molecule has 0 atom stereocenters. The molecular formula is C16H22ClN5O. The molecule has 2 aromatic rings. The van der Waals surface area contributed by atoms with Crippen molar-refractivity contribution in [3.8, 4) is 0 Å². The number of halogens is 1. The molecule has 1 amide bonds. The van der Waals surface area contributed by atoms with Crippen LogP contribution in [0.1, 0.15) is 41.7 Å². The van der Waals surface area contributed by atoms with Gasteiger partial charge in [-0.25, -0.2) is 4.68 Å². The fourth-order valence-electron chi connectivity index (χ4n) is 2.77. The highest BCUT2D eigenvalue weighted by molar-refractivity contribution is 5.92. The molecule has 1 aliphatic rings. The Labute approximate surface area is 141 Å². The standard InChI is InChI=1S/C16H21N5O.ClH/c17-13-6-8-14(9-7-13)18-16(22)15-11-21(20-19-15)10-12-4-2-1-3-5-12;/h1-5,11,13-14H,6-10,17H2,(H,18,22);1H. The normalized spacial score (nSPS) is 20.6. The van der Waals surface area contributed by atoms with Gasteiger partial charge in [-0.2, -0.15) is 0 Å². The first-order valence-corrected chi connectivity index (χ1v) is 7.71. The van der Waals surface area contributed by atoms with E-state index < -0.39 is 0 Å². The van der Waals surface area contributed by atoms with E-state index in [2.05, 4.69) is 15.6 Å². The van der Waals surface area contributed by atoms with Crippen LogP contribution in [0.4, 0.5) is 0 Å². The Hall–Kier alpha value is -1.92. The molecule has 23 heavy (non-hydrogen) atoms. The Balaban J connectivity index is 0.00000192. The van der Waals surface area contributed by atoms with E-state index in [4.69, 9.17) is 5.73 Å². The van der Waals surface area contributed by atoms with Gasteiger partial charge in [0.25, 0.3) is 5.91 Å². The molecule has 0 aliphatic heterocycles. The molecule has 1 saturated carbocycles. The van der Waals surface area contributed by atoms with Crippen LogP contribution in [0.5, 0.6) is 0 Å². The molecule has 1 heterocycles. The molecule has 7 heteroatoms. The van der Waals surface area contributed by atoms with Gasteiger partial charge in [0, 0.05) is 12.1 Å². The minimum Gasteiger partial charge on any atom is -0.348 e. The van der Waals surface area contributed by atoms with Crippen LogP contribution in [0.3, 0.4) is 0 Å². The number of hydrogen-bond donors (Lipinski definition) is 2. The zero-order valence-electron chi connectivity index (χ0n) is 12.9. The first-order chi connectivity index (χ1) is 10.7. The van der Waals surface area contributed by atoms with Crippen molar-refractivity contribution in [2.75, 3.05) is 0 Å². The third-order valence-corrected chi connectivity index (χ3v) is 4.07. The third kappa shape index (κ3) is 4.77. The van der Waals surface area contributed by atoms with Crippen LogP contribution in [-0.4, -0.2) is 33.0 Å². The summed E-state index contributed by atoms with van der Waals surface area (Å²) in [7, 11) is 0. The van der Waals surface area contributed by atoms with Crippen molar-refractivity contribution < 1.29 is 4.79 Å². The van der Waals surface area contributed by atoms with E-state index in [1.807, 2.05) is 30.3 Å². The minimum absolute atomic E-state index is 0. The first kappa shape index (κ1) is 17.4. The highest BCUT2D eigenvalue weighted by Crippen LogP contribution is 2.17. The predicted octanol–water partition coefficient (Wildman–Crippen LogP) is 1.75. The van der Waals surface area contributed by atoms with Gasteiger partial charge in [0.1, 0.15) is 0 Å². The zero-order valence-corrected chi connectivity index (χ0v) is 13.7. The van der Waals surface area contributed by atoms with Crippen LogP contribution in [0.2, 0.25) is 0 Å². The van der Waals surface area contributed by atoms with Crippen LogP contribution >= 0.6 is 12.4 Å². The molecular weight excluding hydrogens is 314 g/mol. The molecule has 1 aromatic carbocycles. The first-order valence-electron chi connectivity index (χ1n) is 7.71. The Morgan fingerprint density at radius 1 is 1.22 bits per heavy atom. The van der Waals surface area contributed by atoms with Gasteiger partial charge in [0.05, 0.1) is 12.7 Å². The van der Waals surface area contributed by atoms with Gasteiger partial charge in [0.2, 0.25) is 0 Å². The summed E-state index contributed by atoms with van der Waals surface area (Å²) in [5.74, 6) is -0.153. The van der Waals surface area contributed by atoms with Gasteiger partial charge in [-0.15, -0.1) is 17.5 Å². The second-order valence-corrected chi connectivity index (χ2v) is 5.87. The van der Waals surface area contributed by atoms with E-state index in [0.717, 1.165) is 31.2 Å². The maximum Gasteiger partial charge on any atom is 0.273 e. The summed E-state index contributed by atoms with van der Waals surface area (Å²) in [5.41, 5.74) is 7.37. The lowest BCUT2D eigenvalue weighted by atomic mass is 9.92. The van der Waals surface area contributed by atoms with Crippen molar-refractivity contribution in [3.05, 3.63) is 47.8 Å². The molecule has 3 N–H and O–H groups in total. The SMILES string of the molecule is Cl.NC1CCC(NC(=O)c2cn(Cc3ccccc3)nn2)CC1. The van der Waals surface area contributed by atoms with Crippen molar-refractivity contribution in [2.45, 2.75) is 44.3 Å². The Kier molecular flexibility index (Phi) is 6.12. The van der Waals surface area contributed by atoms with Crippen LogP contribution in [-0.2, 0) is 6.54 Å². The smallest absolute Gasteiger partial charge is 0.273 e. The molecule has 0 bridgehead atoms. The molecule has 1 aliphatic carbocycles. The van der Waals surface area contributed by atoms with E-state index in [1.54, 1.807) is 10.9 Å². The van der Waals surface area contributed by atoms with Crippen LogP contribution in [0.15, 0.2) is 36.5 Å². The quantitative estimate of drug-likeness (QED) is 0.891. The number of nitrogens with zero attached hydrogens (tertiary/aromatic N) is 3. The lowest BCUT2D eigenvalue weighted by Crippen LogP contribution is -2.40. The highest BCUT2D eigenvalue weighted by Gasteiger charge is 2.21. The molecule has 1 fully saturated rings. The maximum atomic E-state index is 12.2. The van der Waals surface area contributed by atoms with E-state index in [-0.39, 0.29) is 30.4 Å². The Morgan fingerprint density at radius 2 is 1.91 bits per heavy atom. The van der Waals surface area contributed by atoms with Crippen LogP contribution in [0.25, 0.3) is 0 Å². The van der Waals surface area contributed by atoms with Gasteiger partial charge in [0.15, 0.2) is 5.69 Å². The summed E-state index contributed by atoms with van der Waals surface area (Å²) in [6.07, 6.45) is 5.49. The third-order valence-electron chi connectivity index (χ3n) is 4.07. The molecule has 3 rings (SSSR count). The summed E-state index contributed by atoms with van der Waals surface area (Å²) in [4.78, 5) is 12.2. The Bertz CT molecular complexity index is 622. The number of aromatic nitrogens is 3. The van der Waals surface area contributed by atoms with Gasteiger partial charge < -0.3 is 11.1 Å². The van der Waals surface area contributed by atoms with Gasteiger partial charge >= 0.3 is 0 Å². The number of amides is 1. The second-order valence-electron chi connectivity index (χ2n) is 5.87. The number of carbonyl (C=O) groups is 1. The van der Waals surface area contributed by atoms with Crippen LogP contribution in [0, 0.1) is 0 Å². The highest BCUT2D eigenvalue weighted by atomic mass is 35.5.